The summed E-state index contributed by atoms with van der Waals surface area (Å²) in [4.78, 5) is 27.1. The third kappa shape index (κ3) is 3.77. The molecule has 2 aliphatic rings. The molecule has 1 saturated heterocycles. The summed E-state index contributed by atoms with van der Waals surface area (Å²) in [6.45, 7) is 0.586. The summed E-state index contributed by atoms with van der Waals surface area (Å²) in [6, 6.07) is 8.89. The van der Waals surface area contributed by atoms with Gasteiger partial charge in [0, 0.05) is 18.7 Å². The first-order valence-electron chi connectivity index (χ1n) is 9.40. The fraction of sp³-hybridized carbons (Fsp3) is 0.273. The third-order valence-electron chi connectivity index (χ3n) is 5.29. The molecular formula is C22H19F3N2O2. The van der Waals surface area contributed by atoms with Crippen molar-refractivity contribution in [2.75, 3.05) is 13.1 Å². The minimum absolute atomic E-state index is 0.285. The number of aryl methyl sites for hydroxylation is 1. The Bertz CT molecular complexity index is 981. The number of hydrogen-bond acceptors (Lipinski definition) is 2. The number of rotatable bonds is 2. The maximum Gasteiger partial charge on any atom is 0.416 e. The Morgan fingerprint density at radius 2 is 1.86 bits per heavy atom. The lowest BCUT2D eigenvalue weighted by molar-refractivity contribution is -0.137. The molecule has 4 nitrogen and oxygen atoms in total. The molecule has 29 heavy (non-hydrogen) atoms. The van der Waals surface area contributed by atoms with Gasteiger partial charge in [-0.2, -0.15) is 13.2 Å². The number of benzene rings is 2. The lowest BCUT2D eigenvalue weighted by Crippen LogP contribution is -2.52. The molecule has 1 heterocycles. The largest absolute Gasteiger partial charge is 0.416 e. The van der Waals surface area contributed by atoms with Crippen molar-refractivity contribution in [3.8, 4) is 0 Å². The van der Waals surface area contributed by atoms with Gasteiger partial charge < -0.3 is 10.2 Å². The van der Waals surface area contributed by atoms with E-state index < -0.39 is 23.7 Å². The highest BCUT2D eigenvalue weighted by atomic mass is 19.4. The number of fused-ring (bicyclic) bond motifs is 1. The quantitative estimate of drug-likeness (QED) is 0.829. The molecule has 1 fully saturated rings. The van der Waals surface area contributed by atoms with Crippen molar-refractivity contribution in [1.29, 1.82) is 0 Å². The summed E-state index contributed by atoms with van der Waals surface area (Å²) in [5.41, 5.74) is 2.18. The second kappa shape index (κ2) is 7.39. The van der Waals surface area contributed by atoms with E-state index in [1.807, 2.05) is 18.2 Å². The monoisotopic (exact) mass is 400 g/mol. The van der Waals surface area contributed by atoms with E-state index in [1.165, 1.54) is 17.0 Å². The molecule has 1 aliphatic carbocycles. The summed E-state index contributed by atoms with van der Waals surface area (Å²) in [5, 5.41) is 2.70. The van der Waals surface area contributed by atoms with Crippen LogP contribution in [-0.4, -0.2) is 29.8 Å². The SMILES string of the molecule is O=C1NCCN(C(=O)c2ccc3c(c2)CCC=C3)C1c1ccc(C(F)(F)F)cc1. The molecule has 1 aliphatic heterocycles. The number of halogens is 3. The zero-order valence-corrected chi connectivity index (χ0v) is 15.5. The number of alkyl halides is 3. The smallest absolute Gasteiger partial charge is 0.352 e. The van der Waals surface area contributed by atoms with E-state index in [0.29, 0.717) is 17.7 Å². The van der Waals surface area contributed by atoms with Crippen molar-refractivity contribution in [2.24, 2.45) is 0 Å². The predicted octanol–water partition coefficient (Wildman–Crippen LogP) is 3.98. The van der Waals surface area contributed by atoms with Crippen molar-refractivity contribution in [3.63, 3.8) is 0 Å². The summed E-state index contributed by atoms with van der Waals surface area (Å²) in [6.07, 6.45) is 1.40. The van der Waals surface area contributed by atoms with Crippen LogP contribution in [0.2, 0.25) is 0 Å². The molecule has 1 N–H and O–H groups in total. The minimum Gasteiger partial charge on any atom is -0.352 e. The molecule has 0 saturated carbocycles. The number of amides is 2. The maximum atomic E-state index is 13.2. The number of carbonyl (C=O) groups is 2. The van der Waals surface area contributed by atoms with Crippen molar-refractivity contribution in [3.05, 3.63) is 76.4 Å². The number of nitrogens with zero attached hydrogens (tertiary/aromatic N) is 1. The molecular weight excluding hydrogens is 381 g/mol. The van der Waals surface area contributed by atoms with Crippen molar-refractivity contribution in [2.45, 2.75) is 25.1 Å². The van der Waals surface area contributed by atoms with Crippen LogP contribution in [-0.2, 0) is 17.4 Å². The van der Waals surface area contributed by atoms with Gasteiger partial charge in [0.25, 0.3) is 5.91 Å². The van der Waals surface area contributed by atoms with Crippen molar-refractivity contribution >= 4 is 17.9 Å². The minimum atomic E-state index is -4.46. The van der Waals surface area contributed by atoms with Gasteiger partial charge in [0.2, 0.25) is 5.91 Å². The van der Waals surface area contributed by atoms with E-state index in [9.17, 15) is 22.8 Å². The first-order valence-corrected chi connectivity index (χ1v) is 9.40. The van der Waals surface area contributed by atoms with Crippen LogP contribution in [0.5, 0.6) is 0 Å². The van der Waals surface area contributed by atoms with Gasteiger partial charge in [0.15, 0.2) is 0 Å². The van der Waals surface area contributed by atoms with Gasteiger partial charge in [-0.05, 0) is 53.8 Å². The van der Waals surface area contributed by atoms with Gasteiger partial charge in [-0.15, -0.1) is 0 Å². The summed E-state index contributed by atoms with van der Waals surface area (Å²) >= 11 is 0. The van der Waals surface area contributed by atoms with E-state index in [0.717, 1.165) is 36.1 Å². The molecule has 0 spiro atoms. The van der Waals surface area contributed by atoms with Gasteiger partial charge in [-0.1, -0.05) is 30.4 Å². The van der Waals surface area contributed by atoms with E-state index >= 15 is 0 Å². The summed E-state index contributed by atoms with van der Waals surface area (Å²) in [7, 11) is 0. The van der Waals surface area contributed by atoms with Crippen LogP contribution in [0.1, 0.15) is 45.1 Å². The number of carbonyl (C=O) groups excluding carboxylic acids is 2. The normalized spacial score (nSPS) is 18.9. The molecule has 7 heteroatoms. The van der Waals surface area contributed by atoms with Gasteiger partial charge in [0.1, 0.15) is 6.04 Å². The number of nitrogens with one attached hydrogen (secondary N) is 1. The van der Waals surface area contributed by atoms with Crippen LogP contribution >= 0.6 is 0 Å². The van der Waals surface area contributed by atoms with Crippen molar-refractivity contribution in [1.82, 2.24) is 10.2 Å². The highest BCUT2D eigenvalue weighted by molar-refractivity contribution is 5.99. The Kier molecular flexibility index (Phi) is 4.90. The third-order valence-corrected chi connectivity index (χ3v) is 5.29. The second-order valence-corrected chi connectivity index (χ2v) is 7.17. The molecule has 4 rings (SSSR count). The van der Waals surface area contributed by atoms with Crippen LogP contribution in [0.4, 0.5) is 13.2 Å². The highest BCUT2D eigenvalue weighted by Gasteiger charge is 2.36. The van der Waals surface area contributed by atoms with Crippen molar-refractivity contribution < 1.29 is 22.8 Å². The molecule has 2 aromatic carbocycles. The molecule has 1 atom stereocenters. The zero-order chi connectivity index (χ0) is 20.6. The molecule has 0 aromatic heterocycles. The summed E-state index contributed by atoms with van der Waals surface area (Å²) < 4.78 is 38.6. The Morgan fingerprint density at radius 3 is 2.59 bits per heavy atom. The first-order chi connectivity index (χ1) is 13.8. The maximum absolute atomic E-state index is 13.2. The van der Waals surface area contributed by atoms with Gasteiger partial charge in [-0.3, -0.25) is 9.59 Å². The van der Waals surface area contributed by atoms with Crippen LogP contribution in [0.15, 0.2) is 48.5 Å². The first kappa shape index (κ1) is 19.2. The van der Waals surface area contributed by atoms with E-state index in [4.69, 9.17) is 0 Å². The van der Waals surface area contributed by atoms with Crippen LogP contribution in [0.25, 0.3) is 6.08 Å². The number of piperazine rings is 1. The van der Waals surface area contributed by atoms with Crippen LogP contribution in [0, 0.1) is 0 Å². The number of hydrogen-bond donors (Lipinski definition) is 1. The molecule has 1 unspecified atom stereocenters. The highest BCUT2D eigenvalue weighted by Crippen LogP contribution is 2.32. The Morgan fingerprint density at radius 1 is 1.10 bits per heavy atom. The summed E-state index contributed by atoms with van der Waals surface area (Å²) in [5.74, 6) is -0.702. The predicted molar refractivity (Wildman–Crippen MR) is 102 cm³/mol. The molecule has 2 aromatic rings. The lowest BCUT2D eigenvalue weighted by Gasteiger charge is -2.35. The van der Waals surface area contributed by atoms with Gasteiger partial charge >= 0.3 is 6.18 Å². The Balaban J connectivity index is 1.65. The average Bonchev–Trinajstić information content (AvgIpc) is 2.72. The Hall–Kier alpha value is -3.09. The fourth-order valence-corrected chi connectivity index (χ4v) is 3.80. The fourth-order valence-electron chi connectivity index (χ4n) is 3.80. The second-order valence-electron chi connectivity index (χ2n) is 7.17. The van der Waals surface area contributed by atoms with Crippen LogP contribution < -0.4 is 5.32 Å². The molecule has 2 amide bonds. The standard InChI is InChI=1S/C22H19F3N2O2/c23-22(24,25)18-9-7-15(8-10-18)19-20(28)26-11-12-27(19)21(29)17-6-5-14-3-1-2-4-16(14)13-17/h1,3,5-10,13,19H,2,4,11-12H2,(H,26,28). The van der Waals surface area contributed by atoms with E-state index in [2.05, 4.69) is 11.4 Å². The Labute approximate surface area is 166 Å². The molecule has 0 bridgehead atoms. The van der Waals surface area contributed by atoms with E-state index in [-0.39, 0.29) is 12.5 Å². The molecule has 0 radical (unpaired) electrons. The molecule has 150 valence electrons. The average molecular weight is 400 g/mol. The zero-order valence-electron chi connectivity index (χ0n) is 15.5. The lowest BCUT2D eigenvalue weighted by atomic mass is 9.94. The van der Waals surface area contributed by atoms with E-state index in [1.54, 1.807) is 6.07 Å². The van der Waals surface area contributed by atoms with Gasteiger partial charge in [0.05, 0.1) is 5.56 Å². The number of allylic oxidation sites excluding steroid dienone is 1. The van der Waals surface area contributed by atoms with Gasteiger partial charge in [-0.25, -0.2) is 0 Å². The van der Waals surface area contributed by atoms with Crippen LogP contribution in [0.3, 0.4) is 0 Å². The topological polar surface area (TPSA) is 49.4 Å².